The van der Waals surface area contributed by atoms with E-state index >= 15 is 0 Å². The molecular weight excluding hydrogens is 144 g/mol. The number of hydrogen-bond acceptors (Lipinski definition) is 2. The quantitative estimate of drug-likeness (QED) is 0.614. The Balaban J connectivity index is 2.18. The van der Waals surface area contributed by atoms with Crippen LogP contribution in [0.4, 0.5) is 0 Å². The average molecular weight is 160 g/mol. The minimum absolute atomic E-state index is 0.435. The monoisotopic (exact) mass is 160 g/mol. The average Bonchev–Trinajstić information content (AvgIpc) is 1.88. The third-order valence-electron chi connectivity index (χ3n) is 1.79. The van der Waals surface area contributed by atoms with E-state index in [1.165, 1.54) is 19.3 Å². The van der Waals surface area contributed by atoms with Crippen LogP contribution in [0.1, 0.15) is 33.1 Å². The summed E-state index contributed by atoms with van der Waals surface area (Å²) in [5.41, 5.74) is 0.435. The highest BCUT2D eigenvalue weighted by molar-refractivity contribution is 8.00. The molecule has 0 saturated carbocycles. The summed E-state index contributed by atoms with van der Waals surface area (Å²) in [6.07, 6.45) is 3.92. The van der Waals surface area contributed by atoms with E-state index in [0.717, 1.165) is 11.9 Å². The lowest BCUT2D eigenvalue weighted by molar-refractivity contribution is 0.110. The predicted molar refractivity (Wildman–Crippen MR) is 46.3 cm³/mol. The fourth-order valence-electron chi connectivity index (χ4n) is 1.28. The second-order valence-corrected chi connectivity index (χ2v) is 4.38. The zero-order valence-corrected chi connectivity index (χ0v) is 7.62. The predicted octanol–water partition coefficient (Wildman–Crippen LogP) is 2.65. The number of hydrogen-bond donors (Lipinski definition) is 0. The Kier molecular flexibility index (Phi) is 3.57. The van der Waals surface area contributed by atoms with Crippen molar-refractivity contribution < 1.29 is 4.74 Å². The highest BCUT2D eigenvalue weighted by Gasteiger charge is 2.18. The lowest BCUT2D eigenvalue weighted by atomic mass is 10.2. The maximum absolute atomic E-state index is 5.42. The van der Waals surface area contributed by atoms with Gasteiger partial charge in [-0.25, -0.2) is 0 Å². The van der Waals surface area contributed by atoms with Gasteiger partial charge in [-0.15, -0.1) is 11.8 Å². The molecule has 2 atom stereocenters. The Morgan fingerprint density at radius 3 is 3.00 bits per heavy atom. The van der Waals surface area contributed by atoms with E-state index < -0.39 is 0 Å². The van der Waals surface area contributed by atoms with Crippen LogP contribution >= 0.6 is 11.8 Å². The molecule has 0 aromatic rings. The third kappa shape index (κ3) is 2.51. The van der Waals surface area contributed by atoms with Crippen LogP contribution in [0.2, 0.25) is 0 Å². The van der Waals surface area contributed by atoms with Crippen LogP contribution in [0.5, 0.6) is 0 Å². The smallest absolute Gasteiger partial charge is 0.100 e. The molecule has 0 amide bonds. The molecule has 0 spiro atoms. The van der Waals surface area contributed by atoms with Gasteiger partial charge in [-0.1, -0.05) is 13.3 Å². The first-order valence-electron chi connectivity index (χ1n) is 4.10. The summed E-state index contributed by atoms with van der Waals surface area (Å²) < 4.78 is 5.42. The summed E-state index contributed by atoms with van der Waals surface area (Å²) in [6, 6.07) is 0. The van der Waals surface area contributed by atoms with Gasteiger partial charge in [-0.2, -0.15) is 0 Å². The van der Waals surface area contributed by atoms with Crippen molar-refractivity contribution in [3.63, 3.8) is 0 Å². The molecule has 1 unspecified atom stereocenters. The fourth-order valence-corrected chi connectivity index (χ4v) is 2.60. The van der Waals surface area contributed by atoms with Gasteiger partial charge in [0.05, 0.1) is 0 Å². The SMILES string of the molecule is CCCC1CCO[C@H](C)S1. The van der Waals surface area contributed by atoms with E-state index in [2.05, 4.69) is 13.8 Å². The van der Waals surface area contributed by atoms with Gasteiger partial charge in [0.15, 0.2) is 0 Å². The van der Waals surface area contributed by atoms with Gasteiger partial charge < -0.3 is 4.74 Å². The molecule has 1 aliphatic heterocycles. The lowest BCUT2D eigenvalue weighted by Gasteiger charge is -2.26. The molecule has 2 heteroatoms. The maximum Gasteiger partial charge on any atom is 0.100 e. The molecule has 1 heterocycles. The van der Waals surface area contributed by atoms with E-state index in [1.54, 1.807) is 0 Å². The first-order valence-corrected chi connectivity index (χ1v) is 5.04. The minimum Gasteiger partial charge on any atom is -0.368 e. The highest BCUT2D eigenvalue weighted by Crippen LogP contribution is 2.29. The van der Waals surface area contributed by atoms with Crippen molar-refractivity contribution in [3.8, 4) is 0 Å². The van der Waals surface area contributed by atoms with Crippen molar-refractivity contribution in [1.82, 2.24) is 0 Å². The van der Waals surface area contributed by atoms with Crippen molar-refractivity contribution >= 4 is 11.8 Å². The standard InChI is InChI=1S/C8H16OS/c1-3-4-8-5-6-9-7(2)10-8/h7-8H,3-6H2,1-2H3/t7-,8?/m0/s1. The van der Waals surface area contributed by atoms with Gasteiger partial charge in [-0.05, 0) is 19.8 Å². The van der Waals surface area contributed by atoms with E-state index in [1.807, 2.05) is 11.8 Å². The molecular formula is C8H16OS. The largest absolute Gasteiger partial charge is 0.368 e. The zero-order chi connectivity index (χ0) is 7.40. The van der Waals surface area contributed by atoms with E-state index in [0.29, 0.717) is 5.44 Å². The second kappa shape index (κ2) is 4.24. The molecule has 0 aromatic carbocycles. The van der Waals surface area contributed by atoms with Crippen LogP contribution in [-0.2, 0) is 4.74 Å². The van der Waals surface area contributed by atoms with Crippen molar-refractivity contribution in [2.45, 2.75) is 43.8 Å². The minimum atomic E-state index is 0.435. The Morgan fingerprint density at radius 1 is 1.60 bits per heavy atom. The van der Waals surface area contributed by atoms with Crippen molar-refractivity contribution in [2.75, 3.05) is 6.61 Å². The second-order valence-electron chi connectivity index (χ2n) is 2.77. The van der Waals surface area contributed by atoms with Gasteiger partial charge in [-0.3, -0.25) is 0 Å². The maximum atomic E-state index is 5.42. The summed E-state index contributed by atoms with van der Waals surface area (Å²) in [7, 11) is 0. The summed E-state index contributed by atoms with van der Waals surface area (Å²) in [4.78, 5) is 0. The molecule has 1 rings (SSSR count). The van der Waals surface area contributed by atoms with Crippen LogP contribution in [0.3, 0.4) is 0 Å². The fraction of sp³-hybridized carbons (Fsp3) is 1.00. The van der Waals surface area contributed by atoms with E-state index in [4.69, 9.17) is 4.74 Å². The topological polar surface area (TPSA) is 9.23 Å². The van der Waals surface area contributed by atoms with Gasteiger partial charge in [0.1, 0.15) is 5.44 Å². The number of ether oxygens (including phenoxy) is 1. The Hall–Kier alpha value is 0.310. The van der Waals surface area contributed by atoms with Gasteiger partial charge >= 0.3 is 0 Å². The Labute approximate surface area is 67.5 Å². The summed E-state index contributed by atoms with van der Waals surface area (Å²) in [5, 5.41) is 0.869. The van der Waals surface area contributed by atoms with Crippen LogP contribution in [0.25, 0.3) is 0 Å². The van der Waals surface area contributed by atoms with E-state index in [-0.39, 0.29) is 0 Å². The van der Waals surface area contributed by atoms with Crippen molar-refractivity contribution in [3.05, 3.63) is 0 Å². The van der Waals surface area contributed by atoms with Crippen molar-refractivity contribution in [1.29, 1.82) is 0 Å². The number of rotatable bonds is 2. The molecule has 0 radical (unpaired) electrons. The van der Waals surface area contributed by atoms with Gasteiger partial charge in [0.2, 0.25) is 0 Å². The third-order valence-corrected chi connectivity index (χ3v) is 3.16. The van der Waals surface area contributed by atoms with Gasteiger partial charge in [0.25, 0.3) is 0 Å². The first kappa shape index (κ1) is 8.41. The molecule has 0 aromatic heterocycles. The molecule has 1 aliphatic rings. The molecule has 0 N–H and O–H groups in total. The summed E-state index contributed by atoms with van der Waals surface area (Å²) >= 11 is 1.99. The Morgan fingerprint density at radius 2 is 2.40 bits per heavy atom. The molecule has 1 nitrogen and oxygen atoms in total. The normalized spacial score (nSPS) is 34.2. The van der Waals surface area contributed by atoms with E-state index in [9.17, 15) is 0 Å². The molecule has 0 bridgehead atoms. The van der Waals surface area contributed by atoms with Crippen LogP contribution in [0, 0.1) is 0 Å². The van der Waals surface area contributed by atoms with Crippen LogP contribution in [-0.4, -0.2) is 17.3 Å². The number of thioether (sulfide) groups is 1. The zero-order valence-electron chi connectivity index (χ0n) is 6.80. The summed E-state index contributed by atoms with van der Waals surface area (Å²) in [6.45, 7) is 5.37. The molecule has 1 saturated heterocycles. The van der Waals surface area contributed by atoms with Crippen molar-refractivity contribution in [2.24, 2.45) is 0 Å². The molecule has 0 aliphatic carbocycles. The molecule has 1 fully saturated rings. The summed E-state index contributed by atoms with van der Waals surface area (Å²) in [5.74, 6) is 0. The first-order chi connectivity index (χ1) is 4.83. The van der Waals surface area contributed by atoms with Crippen LogP contribution in [0.15, 0.2) is 0 Å². The van der Waals surface area contributed by atoms with Crippen LogP contribution < -0.4 is 0 Å². The van der Waals surface area contributed by atoms with Gasteiger partial charge in [0, 0.05) is 11.9 Å². The Bertz CT molecular complexity index is 93.3. The lowest BCUT2D eigenvalue weighted by Crippen LogP contribution is -2.20. The molecule has 10 heavy (non-hydrogen) atoms. The molecule has 60 valence electrons. The highest BCUT2D eigenvalue weighted by atomic mass is 32.2.